The van der Waals surface area contributed by atoms with E-state index in [0.717, 1.165) is 16.9 Å². The van der Waals surface area contributed by atoms with Gasteiger partial charge in [0.25, 0.3) is 5.56 Å². The lowest BCUT2D eigenvalue weighted by molar-refractivity contribution is -0.0124. The van der Waals surface area contributed by atoms with E-state index < -0.39 is 6.10 Å². The summed E-state index contributed by atoms with van der Waals surface area (Å²) in [5.74, 6) is 1.28. The van der Waals surface area contributed by atoms with Gasteiger partial charge in [-0.1, -0.05) is 12.1 Å². The minimum absolute atomic E-state index is 0.0510. The van der Waals surface area contributed by atoms with Crippen LogP contribution in [-0.4, -0.2) is 72.7 Å². The van der Waals surface area contributed by atoms with Crippen molar-refractivity contribution in [3.8, 4) is 16.9 Å². The van der Waals surface area contributed by atoms with Gasteiger partial charge in [-0.2, -0.15) is 0 Å². The molecule has 0 aliphatic carbocycles. The first-order valence-corrected chi connectivity index (χ1v) is 11.4. The van der Waals surface area contributed by atoms with Crippen LogP contribution in [0.2, 0.25) is 0 Å². The number of methoxy groups -OCH3 is 2. The SMILES string of the molecule is COCCN(Cc1nc2scc(-c3cccc(OC)c3)c2c(=O)[nH]1)CC(O)COC(C)C. The summed E-state index contributed by atoms with van der Waals surface area (Å²) in [4.78, 5) is 23.3. The van der Waals surface area contributed by atoms with Crippen molar-refractivity contribution in [2.24, 2.45) is 0 Å². The number of hydrogen-bond donors (Lipinski definition) is 2. The molecule has 8 nitrogen and oxygen atoms in total. The Bertz CT molecular complexity index is 1070. The lowest BCUT2D eigenvalue weighted by Gasteiger charge is -2.24. The molecule has 2 N–H and O–H groups in total. The second-order valence-corrected chi connectivity index (χ2v) is 8.70. The van der Waals surface area contributed by atoms with Crippen molar-refractivity contribution in [2.75, 3.05) is 40.5 Å². The summed E-state index contributed by atoms with van der Waals surface area (Å²) >= 11 is 1.44. The highest BCUT2D eigenvalue weighted by Gasteiger charge is 2.17. The molecule has 2 heterocycles. The van der Waals surface area contributed by atoms with E-state index in [1.807, 2.05) is 48.4 Å². The molecule has 0 aliphatic heterocycles. The topological polar surface area (TPSA) is 96.9 Å². The van der Waals surface area contributed by atoms with E-state index in [-0.39, 0.29) is 18.3 Å². The zero-order chi connectivity index (χ0) is 23.1. The average molecular weight is 462 g/mol. The van der Waals surface area contributed by atoms with Crippen LogP contribution in [0.4, 0.5) is 0 Å². The van der Waals surface area contributed by atoms with Crippen LogP contribution in [0.1, 0.15) is 19.7 Å². The Hall–Kier alpha value is -2.30. The van der Waals surface area contributed by atoms with E-state index >= 15 is 0 Å². The second-order valence-electron chi connectivity index (χ2n) is 7.84. The molecule has 0 bridgehead atoms. The van der Waals surface area contributed by atoms with E-state index in [9.17, 15) is 9.90 Å². The van der Waals surface area contributed by atoms with Crippen LogP contribution in [0.25, 0.3) is 21.3 Å². The zero-order valence-electron chi connectivity index (χ0n) is 19.0. The van der Waals surface area contributed by atoms with Crippen molar-refractivity contribution in [3.63, 3.8) is 0 Å². The third-order valence-corrected chi connectivity index (χ3v) is 5.82. The van der Waals surface area contributed by atoms with Gasteiger partial charge in [-0.3, -0.25) is 9.69 Å². The van der Waals surface area contributed by atoms with Gasteiger partial charge < -0.3 is 24.3 Å². The number of H-pyrrole nitrogens is 1. The van der Waals surface area contributed by atoms with Crippen LogP contribution in [0.15, 0.2) is 34.4 Å². The molecule has 2 aromatic heterocycles. The van der Waals surface area contributed by atoms with Crippen LogP contribution in [0.5, 0.6) is 5.75 Å². The molecule has 0 radical (unpaired) electrons. The molecule has 1 atom stereocenters. The fourth-order valence-electron chi connectivity index (χ4n) is 3.39. The molecule has 174 valence electrons. The highest BCUT2D eigenvalue weighted by atomic mass is 32.1. The summed E-state index contributed by atoms with van der Waals surface area (Å²) in [6.45, 7) is 5.98. The Morgan fingerprint density at radius 3 is 2.81 bits per heavy atom. The molecule has 0 amide bonds. The van der Waals surface area contributed by atoms with Crippen LogP contribution in [0, 0.1) is 0 Å². The number of nitrogens with zero attached hydrogens (tertiary/aromatic N) is 2. The molecular weight excluding hydrogens is 430 g/mol. The van der Waals surface area contributed by atoms with Crippen LogP contribution in [0.3, 0.4) is 0 Å². The van der Waals surface area contributed by atoms with E-state index in [0.29, 0.717) is 42.3 Å². The Morgan fingerprint density at radius 1 is 1.28 bits per heavy atom. The number of aromatic amines is 1. The maximum atomic E-state index is 13.0. The number of nitrogens with one attached hydrogen (secondary N) is 1. The van der Waals surface area contributed by atoms with Crippen molar-refractivity contribution in [1.82, 2.24) is 14.9 Å². The third kappa shape index (κ3) is 6.36. The maximum absolute atomic E-state index is 13.0. The molecule has 0 aliphatic rings. The molecule has 0 spiro atoms. The summed E-state index contributed by atoms with van der Waals surface area (Å²) < 4.78 is 16.0. The predicted octanol–water partition coefficient (Wildman–Crippen LogP) is 2.89. The number of thiophene rings is 1. The number of benzene rings is 1. The highest BCUT2D eigenvalue weighted by molar-refractivity contribution is 7.17. The molecule has 32 heavy (non-hydrogen) atoms. The number of aromatic nitrogens is 2. The van der Waals surface area contributed by atoms with E-state index in [1.165, 1.54) is 11.3 Å². The van der Waals surface area contributed by atoms with Crippen LogP contribution in [-0.2, 0) is 16.0 Å². The first-order chi connectivity index (χ1) is 15.4. The van der Waals surface area contributed by atoms with Gasteiger partial charge >= 0.3 is 0 Å². The summed E-state index contributed by atoms with van der Waals surface area (Å²) in [7, 11) is 3.25. The molecule has 9 heteroatoms. The fraction of sp³-hybridized carbons (Fsp3) is 0.478. The minimum Gasteiger partial charge on any atom is -0.497 e. The van der Waals surface area contributed by atoms with Gasteiger partial charge in [0, 0.05) is 31.1 Å². The predicted molar refractivity (Wildman–Crippen MR) is 126 cm³/mol. The Labute approximate surface area is 191 Å². The monoisotopic (exact) mass is 461 g/mol. The van der Waals surface area contributed by atoms with Crippen molar-refractivity contribution in [3.05, 3.63) is 45.8 Å². The molecule has 1 aromatic carbocycles. The average Bonchev–Trinajstić information content (AvgIpc) is 3.20. The van der Waals surface area contributed by atoms with Gasteiger partial charge in [0.05, 0.1) is 44.5 Å². The quantitative estimate of drug-likeness (QED) is 0.428. The maximum Gasteiger partial charge on any atom is 0.260 e. The number of hydrogen-bond acceptors (Lipinski definition) is 8. The van der Waals surface area contributed by atoms with Crippen molar-refractivity contribution < 1.29 is 19.3 Å². The van der Waals surface area contributed by atoms with E-state index in [1.54, 1.807) is 14.2 Å². The Balaban J connectivity index is 1.82. The van der Waals surface area contributed by atoms with Crippen molar-refractivity contribution >= 4 is 21.6 Å². The number of aliphatic hydroxyl groups is 1. The van der Waals surface area contributed by atoms with Gasteiger partial charge in [-0.15, -0.1) is 11.3 Å². The summed E-state index contributed by atoms with van der Waals surface area (Å²) in [6.07, 6.45) is -0.596. The molecular formula is C23H31N3O5S. The van der Waals surface area contributed by atoms with E-state index in [4.69, 9.17) is 19.2 Å². The molecule has 0 fully saturated rings. The van der Waals surface area contributed by atoms with Gasteiger partial charge in [-0.25, -0.2) is 4.98 Å². The lowest BCUT2D eigenvalue weighted by Crippen LogP contribution is -2.37. The van der Waals surface area contributed by atoms with E-state index in [2.05, 4.69) is 4.98 Å². The fourth-order valence-corrected chi connectivity index (χ4v) is 4.36. The first-order valence-electron chi connectivity index (χ1n) is 10.6. The largest absolute Gasteiger partial charge is 0.497 e. The molecule has 0 saturated carbocycles. The standard InChI is InChI=1S/C23H31N3O5S/c1-15(2)31-13-17(27)11-26(8-9-29-3)12-20-24-22(28)21-19(14-32-23(21)25-20)16-6-5-7-18(10-16)30-4/h5-7,10,14-15,17,27H,8-9,11-13H2,1-4H3,(H,24,25,28). The third-order valence-electron chi connectivity index (χ3n) is 4.95. The number of fused-ring (bicyclic) bond motifs is 1. The molecule has 3 aromatic rings. The normalized spacial score (nSPS) is 12.7. The summed E-state index contributed by atoms with van der Waals surface area (Å²) in [5.41, 5.74) is 1.56. The lowest BCUT2D eigenvalue weighted by atomic mass is 10.1. The number of aliphatic hydroxyl groups excluding tert-OH is 1. The molecule has 1 unspecified atom stereocenters. The number of ether oxygens (including phenoxy) is 3. The number of rotatable bonds is 12. The Morgan fingerprint density at radius 2 is 2.09 bits per heavy atom. The summed E-state index contributed by atoms with van der Waals surface area (Å²) in [6, 6.07) is 7.62. The highest BCUT2D eigenvalue weighted by Crippen LogP contribution is 2.32. The smallest absolute Gasteiger partial charge is 0.260 e. The van der Waals surface area contributed by atoms with Gasteiger partial charge in [0.1, 0.15) is 16.4 Å². The first kappa shape index (κ1) is 24.3. The van der Waals surface area contributed by atoms with Crippen molar-refractivity contribution in [1.29, 1.82) is 0 Å². The summed E-state index contributed by atoms with van der Waals surface area (Å²) in [5, 5.41) is 12.9. The van der Waals surface area contributed by atoms with Crippen LogP contribution < -0.4 is 10.3 Å². The van der Waals surface area contributed by atoms with Crippen LogP contribution >= 0.6 is 11.3 Å². The Kier molecular flexibility index (Phi) is 8.77. The van der Waals surface area contributed by atoms with Gasteiger partial charge in [-0.05, 0) is 31.5 Å². The minimum atomic E-state index is -0.647. The zero-order valence-corrected chi connectivity index (χ0v) is 19.8. The molecule has 3 rings (SSSR count). The second kappa shape index (κ2) is 11.5. The van der Waals surface area contributed by atoms with Gasteiger partial charge in [0.15, 0.2) is 0 Å². The van der Waals surface area contributed by atoms with Crippen molar-refractivity contribution in [2.45, 2.75) is 32.6 Å². The van der Waals surface area contributed by atoms with Gasteiger partial charge in [0.2, 0.25) is 0 Å². The molecule has 0 saturated heterocycles.